The van der Waals surface area contributed by atoms with Gasteiger partial charge in [-0.05, 0) is 34.4 Å². The third kappa shape index (κ3) is 2.67. The molecule has 140 valence electrons. The summed E-state index contributed by atoms with van der Waals surface area (Å²) in [5.74, 6) is 0.225. The smallest absolute Gasteiger partial charge is 0.162 e. The van der Waals surface area contributed by atoms with Gasteiger partial charge in [-0.15, -0.1) is 0 Å². The van der Waals surface area contributed by atoms with Gasteiger partial charge in [0.15, 0.2) is 5.78 Å². The van der Waals surface area contributed by atoms with E-state index in [4.69, 9.17) is 11.6 Å². The van der Waals surface area contributed by atoms with Crippen LogP contribution in [0.4, 0.5) is 5.69 Å². The second-order valence-corrected chi connectivity index (χ2v) is 9.05. The lowest BCUT2D eigenvalue weighted by Crippen LogP contribution is -2.33. The van der Waals surface area contributed by atoms with Crippen molar-refractivity contribution in [1.82, 2.24) is 0 Å². The van der Waals surface area contributed by atoms with Gasteiger partial charge in [0.05, 0.1) is 11.7 Å². The van der Waals surface area contributed by atoms with E-state index in [0.29, 0.717) is 11.4 Å². The zero-order valence-corrected chi connectivity index (χ0v) is 16.8. The molecular weight excluding hydrogens is 366 g/mol. The van der Waals surface area contributed by atoms with E-state index in [2.05, 4.69) is 55.6 Å². The highest BCUT2D eigenvalue weighted by atomic mass is 35.5. The Balaban J connectivity index is 1.82. The van der Waals surface area contributed by atoms with Crippen LogP contribution in [0.25, 0.3) is 16.3 Å². The average Bonchev–Trinajstić information content (AvgIpc) is 2.66. The van der Waals surface area contributed by atoms with Gasteiger partial charge in [0.1, 0.15) is 0 Å². The predicted octanol–water partition coefficient (Wildman–Crippen LogP) is 6.80. The summed E-state index contributed by atoms with van der Waals surface area (Å²) >= 11 is 6.56. The summed E-state index contributed by atoms with van der Waals surface area (Å²) in [6.45, 7) is 4.36. The van der Waals surface area contributed by atoms with E-state index in [1.54, 1.807) is 0 Å². The van der Waals surface area contributed by atoms with Gasteiger partial charge < -0.3 is 5.32 Å². The number of hydrogen-bond donors (Lipinski definition) is 1. The van der Waals surface area contributed by atoms with Crippen LogP contribution >= 0.6 is 11.6 Å². The van der Waals surface area contributed by atoms with Crippen molar-refractivity contribution >= 4 is 39.4 Å². The molecule has 1 heterocycles. The summed E-state index contributed by atoms with van der Waals surface area (Å²) < 4.78 is 0. The highest BCUT2D eigenvalue weighted by molar-refractivity contribution is 6.31. The molecule has 0 radical (unpaired) electrons. The number of benzene rings is 3. The number of carbonyl (C=O) groups excluding carboxylic acids is 1. The lowest BCUT2D eigenvalue weighted by Gasteiger charge is -2.40. The van der Waals surface area contributed by atoms with Crippen molar-refractivity contribution in [2.24, 2.45) is 5.41 Å². The van der Waals surface area contributed by atoms with E-state index in [0.717, 1.165) is 28.8 Å². The SMILES string of the molecule is CC1(C)CC(=O)C2=C(C1)c1ccc3ccccc3c1NC2c1ccccc1Cl. The number of Topliss-reactive ketones (excluding diaryl/α,β-unsaturated/α-hetero) is 1. The van der Waals surface area contributed by atoms with Gasteiger partial charge in [0.25, 0.3) is 0 Å². The largest absolute Gasteiger partial charge is 0.373 e. The molecule has 28 heavy (non-hydrogen) atoms. The molecule has 1 aliphatic carbocycles. The molecule has 2 nitrogen and oxygen atoms in total. The van der Waals surface area contributed by atoms with Gasteiger partial charge >= 0.3 is 0 Å². The monoisotopic (exact) mass is 387 g/mol. The van der Waals surface area contributed by atoms with Crippen molar-refractivity contribution in [3.8, 4) is 0 Å². The zero-order valence-electron chi connectivity index (χ0n) is 16.1. The molecule has 1 unspecified atom stereocenters. The van der Waals surface area contributed by atoms with Crippen LogP contribution in [0.2, 0.25) is 5.02 Å². The van der Waals surface area contributed by atoms with Crippen molar-refractivity contribution in [2.75, 3.05) is 5.32 Å². The summed E-state index contributed by atoms with van der Waals surface area (Å²) in [6, 6.07) is 20.3. The first-order chi connectivity index (χ1) is 13.4. The van der Waals surface area contributed by atoms with Crippen LogP contribution in [0, 0.1) is 5.41 Å². The van der Waals surface area contributed by atoms with Crippen molar-refractivity contribution < 1.29 is 4.79 Å². The fourth-order valence-electron chi connectivity index (χ4n) is 4.75. The van der Waals surface area contributed by atoms with Crippen LogP contribution in [0.5, 0.6) is 0 Å². The van der Waals surface area contributed by atoms with Gasteiger partial charge in [-0.1, -0.05) is 80.0 Å². The molecule has 0 amide bonds. The van der Waals surface area contributed by atoms with Crippen LogP contribution in [-0.2, 0) is 4.79 Å². The molecule has 1 aliphatic heterocycles. The van der Waals surface area contributed by atoms with E-state index >= 15 is 0 Å². The first kappa shape index (κ1) is 17.5. The van der Waals surface area contributed by atoms with E-state index in [-0.39, 0.29) is 17.2 Å². The predicted molar refractivity (Wildman–Crippen MR) is 117 cm³/mol. The number of fused-ring (bicyclic) bond motifs is 4. The number of halogens is 1. The minimum atomic E-state index is -0.217. The Labute approximate surface area is 170 Å². The Kier molecular flexibility index (Phi) is 3.89. The van der Waals surface area contributed by atoms with Crippen LogP contribution in [0.1, 0.15) is 43.9 Å². The summed E-state index contributed by atoms with van der Waals surface area (Å²) in [6.07, 6.45) is 1.46. The Morgan fingerprint density at radius 1 is 0.964 bits per heavy atom. The van der Waals surface area contributed by atoms with Crippen LogP contribution < -0.4 is 5.32 Å². The first-order valence-corrected chi connectivity index (χ1v) is 10.1. The number of nitrogens with one attached hydrogen (secondary N) is 1. The van der Waals surface area contributed by atoms with Gasteiger partial charge in [-0.3, -0.25) is 4.79 Å². The third-order valence-electron chi connectivity index (χ3n) is 5.97. The van der Waals surface area contributed by atoms with Crippen molar-refractivity contribution in [2.45, 2.75) is 32.7 Å². The summed E-state index contributed by atoms with van der Waals surface area (Å²) in [7, 11) is 0. The molecule has 0 aromatic heterocycles. The van der Waals surface area contributed by atoms with Gasteiger partial charge in [-0.25, -0.2) is 0 Å². The van der Waals surface area contributed by atoms with Crippen molar-refractivity contribution in [3.63, 3.8) is 0 Å². The van der Waals surface area contributed by atoms with Crippen molar-refractivity contribution in [3.05, 3.63) is 82.4 Å². The number of ketones is 1. The minimum absolute atomic E-state index is 0.0405. The normalized spacial score (nSPS) is 20.5. The second kappa shape index (κ2) is 6.22. The Morgan fingerprint density at radius 3 is 2.54 bits per heavy atom. The number of rotatable bonds is 1. The number of allylic oxidation sites excluding steroid dienone is 1. The summed E-state index contributed by atoms with van der Waals surface area (Å²) in [5.41, 5.74) is 5.23. The molecule has 0 saturated heterocycles. The Morgan fingerprint density at radius 2 is 1.71 bits per heavy atom. The highest BCUT2D eigenvalue weighted by Gasteiger charge is 2.40. The second-order valence-electron chi connectivity index (χ2n) is 8.64. The lowest BCUT2D eigenvalue weighted by molar-refractivity contribution is -0.118. The number of hydrogen-bond acceptors (Lipinski definition) is 2. The van der Waals surface area contributed by atoms with Crippen LogP contribution in [-0.4, -0.2) is 5.78 Å². The standard InChI is InChI=1S/C25H22ClNO/c1-25(2)13-19-17-12-11-15-7-3-4-8-16(15)23(17)27-24(22(19)21(28)14-25)18-9-5-6-10-20(18)26/h3-12,24,27H,13-14H2,1-2H3. The maximum Gasteiger partial charge on any atom is 0.162 e. The van der Waals surface area contributed by atoms with Gasteiger partial charge in [0.2, 0.25) is 0 Å². The fourth-order valence-corrected chi connectivity index (χ4v) is 4.99. The topological polar surface area (TPSA) is 29.1 Å². The molecule has 0 saturated carbocycles. The molecule has 0 spiro atoms. The van der Waals surface area contributed by atoms with E-state index in [1.165, 1.54) is 16.3 Å². The third-order valence-corrected chi connectivity index (χ3v) is 6.31. The molecule has 0 bridgehead atoms. The molecule has 5 rings (SSSR count). The Bertz CT molecular complexity index is 1160. The summed E-state index contributed by atoms with van der Waals surface area (Å²) in [5, 5.41) is 6.75. The van der Waals surface area contributed by atoms with E-state index in [9.17, 15) is 4.79 Å². The maximum atomic E-state index is 13.3. The average molecular weight is 388 g/mol. The molecule has 0 fully saturated rings. The minimum Gasteiger partial charge on any atom is -0.373 e. The fraction of sp³-hybridized carbons (Fsp3) is 0.240. The number of carbonyl (C=O) groups is 1. The molecule has 3 aromatic carbocycles. The zero-order chi connectivity index (χ0) is 19.5. The highest BCUT2D eigenvalue weighted by Crippen LogP contribution is 2.52. The quantitative estimate of drug-likeness (QED) is 0.497. The van der Waals surface area contributed by atoms with Crippen LogP contribution in [0.3, 0.4) is 0 Å². The molecule has 1 atom stereocenters. The molecule has 2 aliphatic rings. The molecule has 1 N–H and O–H groups in total. The first-order valence-electron chi connectivity index (χ1n) is 9.74. The van der Waals surface area contributed by atoms with Crippen LogP contribution in [0.15, 0.2) is 66.2 Å². The summed E-state index contributed by atoms with van der Waals surface area (Å²) in [4.78, 5) is 13.3. The maximum absolute atomic E-state index is 13.3. The van der Waals surface area contributed by atoms with Gasteiger partial charge in [0, 0.05) is 28.0 Å². The molecular formula is C25H22ClNO. The number of anilines is 1. The molecule has 3 aromatic rings. The lowest BCUT2D eigenvalue weighted by atomic mass is 9.68. The van der Waals surface area contributed by atoms with E-state index in [1.807, 2.05) is 24.3 Å². The van der Waals surface area contributed by atoms with Gasteiger partial charge in [-0.2, -0.15) is 0 Å². The molecule has 3 heteroatoms. The van der Waals surface area contributed by atoms with Crippen molar-refractivity contribution in [1.29, 1.82) is 0 Å². The van der Waals surface area contributed by atoms with E-state index < -0.39 is 0 Å². The Hall–Kier alpha value is -2.58.